The van der Waals surface area contributed by atoms with Crippen molar-refractivity contribution in [3.05, 3.63) is 40.9 Å². The van der Waals surface area contributed by atoms with Crippen molar-refractivity contribution in [2.24, 2.45) is 5.73 Å². The zero-order valence-corrected chi connectivity index (χ0v) is 12.7. The van der Waals surface area contributed by atoms with Gasteiger partial charge in [0, 0.05) is 24.1 Å². The van der Waals surface area contributed by atoms with Crippen molar-refractivity contribution < 1.29 is 8.42 Å². The van der Waals surface area contributed by atoms with Gasteiger partial charge in [0.1, 0.15) is 0 Å². The summed E-state index contributed by atoms with van der Waals surface area (Å²) in [4.78, 5) is 0.253. The van der Waals surface area contributed by atoms with Gasteiger partial charge >= 0.3 is 0 Å². The number of rotatable bonds is 6. The van der Waals surface area contributed by atoms with Crippen LogP contribution in [0.4, 0.5) is 0 Å². The van der Waals surface area contributed by atoms with Crippen LogP contribution in [0, 0.1) is 0 Å². The van der Waals surface area contributed by atoms with Gasteiger partial charge < -0.3 is 5.73 Å². The second kappa shape index (κ2) is 6.47. The molecule has 0 unspecified atom stereocenters. The predicted octanol–water partition coefficient (Wildman–Crippen LogP) is 2.10. The average Bonchev–Trinajstić information content (AvgIpc) is 2.35. The molecular weight excluding hydrogens is 316 g/mol. The van der Waals surface area contributed by atoms with Gasteiger partial charge in [0.2, 0.25) is 10.0 Å². The summed E-state index contributed by atoms with van der Waals surface area (Å²) in [5.74, 6) is 0. The largest absolute Gasteiger partial charge is 0.326 e. The Hall–Kier alpha value is -0.690. The fraction of sp³-hybridized carbons (Fsp3) is 0.333. The first-order chi connectivity index (χ1) is 8.47. The van der Waals surface area contributed by atoms with Gasteiger partial charge in [-0.15, -0.1) is 6.58 Å². The van der Waals surface area contributed by atoms with Crippen LogP contribution in [0.15, 0.2) is 40.2 Å². The zero-order chi connectivity index (χ0) is 13.8. The summed E-state index contributed by atoms with van der Waals surface area (Å²) < 4.78 is 26.7. The number of nitrogens with zero attached hydrogens (tertiary/aromatic N) is 1. The maximum atomic E-state index is 12.4. The minimum absolute atomic E-state index is 0.253. The lowest BCUT2D eigenvalue weighted by molar-refractivity contribution is 0.459. The highest BCUT2D eigenvalue weighted by Gasteiger charge is 2.24. The number of sulfonamides is 1. The first kappa shape index (κ1) is 15.4. The minimum Gasteiger partial charge on any atom is -0.326 e. The third-order valence-corrected chi connectivity index (χ3v) is 5.45. The maximum absolute atomic E-state index is 12.4. The molecule has 18 heavy (non-hydrogen) atoms. The SMILES string of the molecule is C=CCN(CC)S(=O)(=O)c1ccc(CN)cc1Br. The minimum atomic E-state index is -3.49. The molecule has 1 aromatic carbocycles. The van der Waals surface area contributed by atoms with Crippen LogP contribution in [0.25, 0.3) is 0 Å². The molecule has 100 valence electrons. The molecule has 0 atom stereocenters. The van der Waals surface area contributed by atoms with Gasteiger partial charge in [-0.3, -0.25) is 0 Å². The number of benzene rings is 1. The van der Waals surface area contributed by atoms with Crippen molar-refractivity contribution in [1.29, 1.82) is 0 Å². The van der Waals surface area contributed by atoms with Crippen molar-refractivity contribution >= 4 is 26.0 Å². The van der Waals surface area contributed by atoms with Crippen molar-refractivity contribution in [3.63, 3.8) is 0 Å². The van der Waals surface area contributed by atoms with Crippen molar-refractivity contribution in [3.8, 4) is 0 Å². The summed E-state index contributed by atoms with van der Waals surface area (Å²) in [6, 6.07) is 5.03. The van der Waals surface area contributed by atoms with E-state index in [1.54, 1.807) is 31.2 Å². The number of likely N-dealkylation sites (N-methyl/N-ethyl adjacent to an activating group) is 1. The van der Waals surface area contributed by atoms with E-state index in [1.807, 2.05) is 0 Å². The predicted molar refractivity (Wildman–Crippen MR) is 76.7 cm³/mol. The number of hydrogen-bond donors (Lipinski definition) is 1. The lowest BCUT2D eigenvalue weighted by Gasteiger charge is -2.19. The Morgan fingerprint density at radius 1 is 1.50 bits per heavy atom. The number of hydrogen-bond acceptors (Lipinski definition) is 3. The van der Waals surface area contributed by atoms with E-state index in [2.05, 4.69) is 22.5 Å². The Balaban J connectivity index is 3.23. The molecule has 0 heterocycles. The second-order valence-corrected chi connectivity index (χ2v) is 6.47. The lowest BCUT2D eigenvalue weighted by Crippen LogP contribution is -2.31. The van der Waals surface area contributed by atoms with Gasteiger partial charge in [-0.1, -0.05) is 19.1 Å². The Labute approximate surface area is 117 Å². The molecule has 1 rings (SSSR count). The molecule has 0 fully saturated rings. The Morgan fingerprint density at radius 2 is 2.17 bits per heavy atom. The topological polar surface area (TPSA) is 63.4 Å². The molecule has 4 nitrogen and oxygen atoms in total. The molecular formula is C12H17BrN2O2S. The standard InChI is InChI=1S/C12H17BrN2O2S/c1-3-7-15(4-2)18(16,17)12-6-5-10(9-14)8-11(12)13/h3,5-6,8H,1,4,7,9,14H2,2H3. The van der Waals surface area contributed by atoms with E-state index < -0.39 is 10.0 Å². The molecule has 0 aromatic heterocycles. The van der Waals surface area contributed by atoms with E-state index in [1.165, 1.54) is 4.31 Å². The third kappa shape index (κ3) is 3.20. The maximum Gasteiger partial charge on any atom is 0.244 e. The fourth-order valence-electron chi connectivity index (χ4n) is 1.56. The second-order valence-electron chi connectivity index (χ2n) is 3.71. The molecule has 0 amide bonds. The van der Waals surface area contributed by atoms with E-state index in [0.29, 0.717) is 24.1 Å². The highest BCUT2D eigenvalue weighted by Crippen LogP contribution is 2.26. The van der Waals surface area contributed by atoms with Crippen LogP contribution in [-0.4, -0.2) is 25.8 Å². The van der Waals surface area contributed by atoms with Gasteiger partial charge in [0.25, 0.3) is 0 Å². The molecule has 0 saturated heterocycles. The first-order valence-corrected chi connectivity index (χ1v) is 7.80. The monoisotopic (exact) mass is 332 g/mol. The Morgan fingerprint density at radius 3 is 2.61 bits per heavy atom. The van der Waals surface area contributed by atoms with Gasteiger partial charge in [0.15, 0.2) is 0 Å². The highest BCUT2D eigenvalue weighted by atomic mass is 79.9. The van der Waals surface area contributed by atoms with Gasteiger partial charge in [0.05, 0.1) is 4.90 Å². The van der Waals surface area contributed by atoms with Crippen LogP contribution in [-0.2, 0) is 16.6 Å². The van der Waals surface area contributed by atoms with Crippen LogP contribution in [0.2, 0.25) is 0 Å². The van der Waals surface area contributed by atoms with E-state index in [9.17, 15) is 8.42 Å². The van der Waals surface area contributed by atoms with E-state index in [4.69, 9.17) is 5.73 Å². The van der Waals surface area contributed by atoms with Crippen LogP contribution in [0.5, 0.6) is 0 Å². The smallest absolute Gasteiger partial charge is 0.244 e. The van der Waals surface area contributed by atoms with Gasteiger partial charge in [-0.05, 0) is 33.6 Å². The Bertz CT molecular complexity index is 529. The molecule has 0 aliphatic carbocycles. The van der Waals surface area contributed by atoms with Crippen LogP contribution >= 0.6 is 15.9 Å². The first-order valence-electron chi connectivity index (χ1n) is 5.56. The lowest BCUT2D eigenvalue weighted by atomic mass is 10.2. The summed E-state index contributed by atoms with van der Waals surface area (Å²) in [5.41, 5.74) is 6.40. The molecule has 0 aliphatic heterocycles. The number of halogens is 1. The fourth-order valence-corrected chi connectivity index (χ4v) is 4.07. The van der Waals surface area contributed by atoms with Gasteiger partial charge in [-0.2, -0.15) is 4.31 Å². The summed E-state index contributed by atoms with van der Waals surface area (Å²) in [6.45, 7) is 6.44. The molecule has 1 aromatic rings. The van der Waals surface area contributed by atoms with Crippen LogP contribution in [0.1, 0.15) is 12.5 Å². The zero-order valence-electron chi connectivity index (χ0n) is 10.3. The number of nitrogens with two attached hydrogens (primary N) is 1. The molecule has 2 N–H and O–H groups in total. The Kier molecular flexibility index (Phi) is 5.52. The summed E-state index contributed by atoms with van der Waals surface area (Å²) >= 11 is 3.29. The molecule has 0 radical (unpaired) electrons. The van der Waals surface area contributed by atoms with Crippen molar-refractivity contribution in [2.45, 2.75) is 18.4 Å². The average molecular weight is 333 g/mol. The van der Waals surface area contributed by atoms with Gasteiger partial charge in [-0.25, -0.2) is 8.42 Å². The third-order valence-electron chi connectivity index (χ3n) is 2.54. The van der Waals surface area contributed by atoms with Crippen LogP contribution < -0.4 is 5.73 Å². The summed E-state index contributed by atoms with van der Waals surface area (Å²) in [5, 5.41) is 0. The summed E-state index contributed by atoms with van der Waals surface area (Å²) in [6.07, 6.45) is 1.57. The highest BCUT2D eigenvalue weighted by molar-refractivity contribution is 9.10. The molecule has 0 saturated carbocycles. The molecule has 0 spiro atoms. The van der Waals surface area contributed by atoms with E-state index in [0.717, 1.165) is 5.56 Å². The van der Waals surface area contributed by atoms with E-state index in [-0.39, 0.29) is 4.90 Å². The normalized spacial score (nSPS) is 11.8. The van der Waals surface area contributed by atoms with Crippen molar-refractivity contribution in [2.75, 3.05) is 13.1 Å². The van der Waals surface area contributed by atoms with Crippen molar-refractivity contribution in [1.82, 2.24) is 4.31 Å². The molecule has 0 aliphatic rings. The molecule has 6 heteroatoms. The van der Waals surface area contributed by atoms with E-state index >= 15 is 0 Å². The molecule has 0 bridgehead atoms. The van der Waals surface area contributed by atoms with Crippen LogP contribution in [0.3, 0.4) is 0 Å². The summed E-state index contributed by atoms with van der Waals surface area (Å²) in [7, 11) is -3.49. The quantitative estimate of drug-likeness (QED) is 0.811.